The predicted molar refractivity (Wildman–Crippen MR) is 50.1 cm³/mol. The van der Waals surface area contributed by atoms with Crippen LogP contribution in [0.4, 0.5) is 0 Å². The van der Waals surface area contributed by atoms with Gasteiger partial charge < -0.3 is 9.47 Å². The first kappa shape index (κ1) is 13.0. The first-order chi connectivity index (χ1) is 7.08. The molecule has 5 nitrogen and oxygen atoms in total. The molecule has 0 aromatic rings. The van der Waals surface area contributed by atoms with Crippen LogP contribution in [0.2, 0.25) is 0 Å². The van der Waals surface area contributed by atoms with Gasteiger partial charge in [0.2, 0.25) is 0 Å². The molecule has 0 saturated heterocycles. The van der Waals surface area contributed by atoms with E-state index in [2.05, 4.69) is 15.4 Å². The summed E-state index contributed by atoms with van der Waals surface area (Å²) in [5.41, 5.74) is -1.70. The van der Waals surface area contributed by atoms with Gasteiger partial charge in [0.05, 0.1) is 26.7 Å². The topological polar surface area (TPSA) is 76.4 Å². The Morgan fingerprint density at radius 1 is 1.27 bits per heavy atom. The quantitative estimate of drug-likeness (QED) is 0.377. The highest BCUT2D eigenvalue weighted by atomic mass is 16.5. The Bertz CT molecular complexity index is 300. The van der Waals surface area contributed by atoms with Crippen molar-refractivity contribution < 1.29 is 19.1 Å². The summed E-state index contributed by atoms with van der Waals surface area (Å²) in [6, 6.07) is 1.73. The summed E-state index contributed by atoms with van der Waals surface area (Å²) >= 11 is 0. The minimum absolute atomic E-state index is 0.222. The number of ether oxygens (including phenoxy) is 2. The first-order valence-electron chi connectivity index (χ1n) is 4.06. The summed E-state index contributed by atoms with van der Waals surface area (Å²) in [6.45, 7) is 0. The second-order valence-electron chi connectivity index (χ2n) is 2.78. The van der Waals surface area contributed by atoms with Crippen LogP contribution in [0, 0.1) is 29.1 Å². The Morgan fingerprint density at radius 2 is 1.73 bits per heavy atom. The number of methoxy groups -OCH3 is 2. The van der Waals surface area contributed by atoms with E-state index in [0.717, 1.165) is 14.2 Å². The average molecular weight is 209 g/mol. The van der Waals surface area contributed by atoms with Gasteiger partial charge in [0.25, 0.3) is 0 Å². The second kappa shape index (κ2) is 5.66. The van der Waals surface area contributed by atoms with Crippen molar-refractivity contribution in [3.8, 4) is 18.4 Å². The van der Waals surface area contributed by atoms with Crippen LogP contribution in [0.1, 0.15) is 12.8 Å². The van der Waals surface area contributed by atoms with Gasteiger partial charge in [-0.3, -0.25) is 9.59 Å². The molecule has 0 radical (unpaired) electrons. The van der Waals surface area contributed by atoms with E-state index in [0.29, 0.717) is 0 Å². The van der Waals surface area contributed by atoms with Crippen molar-refractivity contribution in [2.75, 3.05) is 14.2 Å². The molecule has 0 saturated carbocycles. The third-order valence-electron chi connectivity index (χ3n) is 1.94. The molecule has 0 aliphatic carbocycles. The molecule has 5 heteroatoms. The first-order valence-corrected chi connectivity index (χ1v) is 4.06. The summed E-state index contributed by atoms with van der Waals surface area (Å²) in [5, 5.41) is 8.58. The Kier molecular flexibility index (Phi) is 4.90. The number of carbonyl (C=O) groups is 2. The molecule has 15 heavy (non-hydrogen) atoms. The van der Waals surface area contributed by atoms with E-state index >= 15 is 0 Å². The van der Waals surface area contributed by atoms with Crippen molar-refractivity contribution in [1.29, 1.82) is 5.26 Å². The van der Waals surface area contributed by atoms with Crippen molar-refractivity contribution in [2.24, 2.45) is 5.41 Å². The van der Waals surface area contributed by atoms with E-state index < -0.39 is 17.4 Å². The molecule has 0 bridgehead atoms. The van der Waals surface area contributed by atoms with E-state index in [1.165, 1.54) is 0 Å². The van der Waals surface area contributed by atoms with Gasteiger partial charge in [0, 0.05) is 6.42 Å². The fourth-order valence-corrected chi connectivity index (χ4v) is 1.13. The molecular formula is C10H11NO4. The van der Waals surface area contributed by atoms with Crippen LogP contribution in [0.3, 0.4) is 0 Å². The number of terminal acetylenes is 1. The van der Waals surface area contributed by atoms with Gasteiger partial charge >= 0.3 is 11.9 Å². The van der Waals surface area contributed by atoms with Crippen molar-refractivity contribution in [1.82, 2.24) is 0 Å². The van der Waals surface area contributed by atoms with Crippen molar-refractivity contribution in [3.63, 3.8) is 0 Å². The van der Waals surface area contributed by atoms with Gasteiger partial charge in [-0.05, 0) is 0 Å². The molecule has 0 heterocycles. The molecule has 0 aromatic heterocycles. The van der Waals surface area contributed by atoms with Gasteiger partial charge in [-0.15, -0.1) is 12.3 Å². The van der Waals surface area contributed by atoms with Crippen molar-refractivity contribution in [2.45, 2.75) is 12.8 Å². The lowest BCUT2D eigenvalue weighted by Gasteiger charge is -2.23. The molecule has 0 amide bonds. The number of esters is 2. The summed E-state index contributed by atoms with van der Waals surface area (Å²) in [7, 11) is 2.24. The van der Waals surface area contributed by atoms with Gasteiger partial charge in [0.1, 0.15) is 0 Å². The lowest BCUT2D eigenvalue weighted by Crippen LogP contribution is -2.40. The third-order valence-corrected chi connectivity index (χ3v) is 1.94. The fourth-order valence-electron chi connectivity index (χ4n) is 1.13. The Balaban J connectivity index is 5.28. The standard InChI is InChI=1S/C10H11NO4/c1-4-5-10(6-7-11,8(12)14-2)9(13)15-3/h1H,5-6H2,2-3H3. The number of nitriles is 1. The SMILES string of the molecule is C#CCC(CC#N)(C(=O)OC)C(=O)OC. The Morgan fingerprint density at radius 3 is 2.00 bits per heavy atom. The zero-order valence-electron chi connectivity index (χ0n) is 8.57. The largest absolute Gasteiger partial charge is 0.468 e. The molecule has 0 rings (SSSR count). The second-order valence-corrected chi connectivity index (χ2v) is 2.78. The number of hydrogen-bond acceptors (Lipinski definition) is 5. The summed E-state index contributed by atoms with van der Waals surface area (Å²) < 4.78 is 8.91. The van der Waals surface area contributed by atoms with E-state index in [-0.39, 0.29) is 12.8 Å². The molecule has 80 valence electrons. The van der Waals surface area contributed by atoms with Crippen molar-refractivity contribution in [3.05, 3.63) is 0 Å². The van der Waals surface area contributed by atoms with Crippen molar-refractivity contribution >= 4 is 11.9 Å². The van der Waals surface area contributed by atoms with Gasteiger partial charge in [-0.25, -0.2) is 0 Å². The lowest BCUT2D eigenvalue weighted by atomic mass is 9.82. The van der Waals surface area contributed by atoms with Gasteiger partial charge in [-0.2, -0.15) is 5.26 Å². The molecule has 0 aromatic carbocycles. The van der Waals surface area contributed by atoms with E-state index in [9.17, 15) is 9.59 Å². The smallest absolute Gasteiger partial charge is 0.325 e. The highest BCUT2D eigenvalue weighted by Crippen LogP contribution is 2.29. The molecule has 0 spiro atoms. The maximum absolute atomic E-state index is 11.4. The van der Waals surface area contributed by atoms with Gasteiger partial charge in [-0.1, -0.05) is 0 Å². The van der Waals surface area contributed by atoms with Crippen LogP contribution in [0.15, 0.2) is 0 Å². The van der Waals surface area contributed by atoms with Crippen LogP contribution in [0.25, 0.3) is 0 Å². The highest BCUT2D eigenvalue weighted by molar-refractivity contribution is 6.00. The highest BCUT2D eigenvalue weighted by Gasteiger charge is 2.48. The summed E-state index contributed by atoms with van der Waals surface area (Å²) in [5.74, 6) is 0.465. The monoisotopic (exact) mass is 209 g/mol. The summed E-state index contributed by atoms with van der Waals surface area (Å²) in [4.78, 5) is 22.9. The fraction of sp³-hybridized carbons (Fsp3) is 0.500. The van der Waals surface area contributed by atoms with Crippen LogP contribution >= 0.6 is 0 Å². The van der Waals surface area contributed by atoms with E-state index in [4.69, 9.17) is 11.7 Å². The molecule has 0 unspecified atom stereocenters. The van der Waals surface area contributed by atoms with Crippen LogP contribution in [-0.2, 0) is 19.1 Å². The molecule has 0 aliphatic heterocycles. The number of carbonyl (C=O) groups excluding carboxylic acids is 2. The summed E-state index contributed by atoms with van der Waals surface area (Å²) in [6.07, 6.45) is 4.47. The van der Waals surface area contributed by atoms with Crippen LogP contribution < -0.4 is 0 Å². The minimum atomic E-state index is -1.70. The third kappa shape index (κ3) is 2.47. The van der Waals surface area contributed by atoms with E-state index in [1.54, 1.807) is 6.07 Å². The zero-order valence-corrected chi connectivity index (χ0v) is 8.57. The van der Waals surface area contributed by atoms with Gasteiger partial charge in [0.15, 0.2) is 5.41 Å². The predicted octanol–water partition coefficient (Wildman–Crippen LogP) is 0.256. The number of nitrogens with zero attached hydrogens (tertiary/aromatic N) is 1. The zero-order chi connectivity index (χ0) is 11.9. The Hall–Kier alpha value is -2.01. The average Bonchev–Trinajstić information content (AvgIpc) is 2.26. The number of hydrogen-bond donors (Lipinski definition) is 0. The lowest BCUT2D eigenvalue weighted by molar-refractivity contribution is -0.168. The maximum atomic E-state index is 11.4. The maximum Gasteiger partial charge on any atom is 0.325 e. The molecule has 0 atom stereocenters. The Labute approximate surface area is 88.0 Å². The normalized spacial score (nSPS) is 9.60. The minimum Gasteiger partial charge on any atom is -0.468 e. The molecule has 0 fully saturated rings. The van der Waals surface area contributed by atoms with Crippen LogP contribution in [-0.4, -0.2) is 26.2 Å². The molecular weight excluding hydrogens is 198 g/mol. The van der Waals surface area contributed by atoms with Crippen LogP contribution in [0.5, 0.6) is 0 Å². The molecule has 0 aliphatic rings. The van der Waals surface area contributed by atoms with E-state index in [1.807, 2.05) is 0 Å². The molecule has 0 N–H and O–H groups in total. The number of rotatable bonds is 4.